The minimum atomic E-state index is -0.0401. The molecule has 2 heterocycles. The number of aromatic nitrogens is 3. The van der Waals surface area contributed by atoms with Crippen molar-refractivity contribution in [3.63, 3.8) is 0 Å². The fourth-order valence-electron chi connectivity index (χ4n) is 3.78. The molecule has 1 unspecified atom stereocenters. The molecule has 30 heavy (non-hydrogen) atoms. The fraction of sp³-hybridized carbons (Fsp3) is 0.348. The molecule has 1 aromatic heterocycles. The second-order valence-corrected chi connectivity index (χ2v) is 7.76. The van der Waals surface area contributed by atoms with E-state index in [1.54, 1.807) is 11.0 Å². The Kier molecular flexibility index (Phi) is 6.51. The van der Waals surface area contributed by atoms with Crippen LogP contribution in [0.15, 0.2) is 67.3 Å². The molecule has 1 aliphatic rings. The summed E-state index contributed by atoms with van der Waals surface area (Å²) in [4.78, 5) is 21.2. The third-order valence-corrected chi connectivity index (χ3v) is 5.54. The Labute approximate surface area is 177 Å². The van der Waals surface area contributed by atoms with Gasteiger partial charge in [-0.3, -0.25) is 14.6 Å². The smallest absolute Gasteiger partial charge is 0.234 e. The number of nitrogens with one attached hydrogen (secondary N) is 1. The number of rotatable bonds is 7. The summed E-state index contributed by atoms with van der Waals surface area (Å²) in [6.45, 7) is 7.24. The van der Waals surface area contributed by atoms with Crippen molar-refractivity contribution in [1.82, 2.24) is 29.9 Å². The van der Waals surface area contributed by atoms with Crippen LogP contribution in [-0.4, -0.2) is 63.2 Å². The molecule has 0 bridgehead atoms. The Morgan fingerprint density at radius 3 is 2.37 bits per heavy atom. The van der Waals surface area contributed by atoms with E-state index in [1.165, 1.54) is 11.9 Å². The highest BCUT2D eigenvalue weighted by Gasteiger charge is 2.20. The van der Waals surface area contributed by atoms with Crippen LogP contribution in [-0.2, 0) is 11.3 Å². The molecule has 4 rings (SSSR count). The van der Waals surface area contributed by atoms with Crippen molar-refractivity contribution in [2.24, 2.45) is 0 Å². The molecule has 0 radical (unpaired) electrons. The van der Waals surface area contributed by atoms with Crippen LogP contribution in [0, 0.1) is 0 Å². The van der Waals surface area contributed by atoms with Crippen molar-refractivity contribution >= 4 is 5.91 Å². The van der Waals surface area contributed by atoms with Gasteiger partial charge in [-0.05, 0) is 30.2 Å². The molecule has 1 saturated heterocycles. The Bertz CT molecular complexity index is 918. The minimum Gasteiger partial charge on any atom is -0.348 e. The topological polar surface area (TPSA) is 66.3 Å². The highest BCUT2D eigenvalue weighted by atomic mass is 16.2. The van der Waals surface area contributed by atoms with Gasteiger partial charge in [0.25, 0.3) is 0 Å². The molecule has 3 aromatic rings. The molecule has 1 atom stereocenters. The van der Waals surface area contributed by atoms with Crippen LogP contribution in [0.5, 0.6) is 0 Å². The molecule has 2 aromatic carbocycles. The Morgan fingerprint density at radius 2 is 1.70 bits per heavy atom. The maximum absolute atomic E-state index is 12.5. The van der Waals surface area contributed by atoms with E-state index < -0.39 is 0 Å². The molecular weight excluding hydrogens is 376 g/mol. The molecule has 156 valence electrons. The monoisotopic (exact) mass is 404 g/mol. The molecule has 1 amide bonds. The van der Waals surface area contributed by atoms with Crippen LogP contribution >= 0.6 is 0 Å². The van der Waals surface area contributed by atoms with E-state index >= 15 is 0 Å². The zero-order chi connectivity index (χ0) is 20.8. The molecule has 1 aliphatic heterocycles. The molecule has 7 heteroatoms. The van der Waals surface area contributed by atoms with Crippen molar-refractivity contribution in [2.75, 3.05) is 32.7 Å². The van der Waals surface area contributed by atoms with Crippen molar-refractivity contribution in [3.05, 3.63) is 78.4 Å². The van der Waals surface area contributed by atoms with Gasteiger partial charge in [0.05, 0.1) is 18.3 Å². The van der Waals surface area contributed by atoms with E-state index in [0.29, 0.717) is 6.54 Å². The van der Waals surface area contributed by atoms with E-state index in [9.17, 15) is 4.79 Å². The molecule has 0 aliphatic carbocycles. The fourth-order valence-corrected chi connectivity index (χ4v) is 3.78. The molecule has 1 fully saturated rings. The van der Waals surface area contributed by atoms with Crippen molar-refractivity contribution in [2.45, 2.75) is 19.5 Å². The lowest BCUT2D eigenvalue weighted by Crippen LogP contribution is -2.49. The van der Waals surface area contributed by atoms with Gasteiger partial charge in [-0.1, -0.05) is 42.5 Å². The number of carbonyl (C=O) groups is 1. The van der Waals surface area contributed by atoms with Gasteiger partial charge in [-0.15, -0.1) is 0 Å². The summed E-state index contributed by atoms with van der Waals surface area (Å²) >= 11 is 0. The lowest BCUT2D eigenvalue weighted by Gasteiger charge is -2.34. The van der Waals surface area contributed by atoms with Crippen LogP contribution in [0.4, 0.5) is 0 Å². The lowest BCUT2D eigenvalue weighted by molar-refractivity contribution is -0.123. The van der Waals surface area contributed by atoms with Crippen LogP contribution < -0.4 is 5.32 Å². The van der Waals surface area contributed by atoms with Crippen molar-refractivity contribution in [1.29, 1.82) is 0 Å². The summed E-state index contributed by atoms with van der Waals surface area (Å²) in [6, 6.07) is 18.5. The SMILES string of the molecule is CC(NC(=O)CN1CCN(Cc2ccccc2)CC1)c1ccc(-n2cncn2)cc1. The normalized spacial score (nSPS) is 16.3. The van der Waals surface area contributed by atoms with Gasteiger partial charge in [0.1, 0.15) is 12.7 Å². The van der Waals surface area contributed by atoms with E-state index in [1.807, 2.05) is 37.3 Å². The molecule has 7 nitrogen and oxygen atoms in total. The van der Waals surface area contributed by atoms with E-state index in [0.717, 1.165) is 44.0 Å². The number of hydrogen-bond acceptors (Lipinski definition) is 5. The summed E-state index contributed by atoms with van der Waals surface area (Å²) in [5, 5.41) is 7.25. The molecule has 0 spiro atoms. The standard InChI is InChI=1S/C23H28N6O/c1-19(21-7-9-22(10-8-21)29-18-24-17-25-29)26-23(30)16-28-13-11-27(12-14-28)15-20-5-3-2-4-6-20/h2-10,17-19H,11-16H2,1H3,(H,26,30). The van der Waals surface area contributed by atoms with Crippen LogP contribution in [0.25, 0.3) is 5.69 Å². The van der Waals surface area contributed by atoms with Gasteiger partial charge < -0.3 is 5.32 Å². The zero-order valence-electron chi connectivity index (χ0n) is 17.3. The van der Waals surface area contributed by atoms with E-state index in [4.69, 9.17) is 0 Å². The number of piperazine rings is 1. The summed E-state index contributed by atoms with van der Waals surface area (Å²) < 4.78 is 1.71. The van der Waals surface area contributed by atoms with Crippen LogP contribution in [0.2, 0.25) is 0 Å². The number of carbonyl (C=O) groups excluding carboxylic acids is 1. The van der Waals surface area contributed by atoms with Gasteiger partial charge in [0, 0.05) is 32.7 Å². The Balaban J connectivity index is 1.22. The maximum Gasteiger partial charge on any atom is 0.234 e. The van der Waals surface area contributed by atoms with Gasteiger partial charge in [-0.2, -0.15) is 5.10 Å². The van der Waals surface area contributed by atoms with E-state index in [2.05, 4.69) is 49.5 Å². The number of nitrogens with zero attached hydrogens (tertiary/aromatic N) is 5. The molecular formula is C23H28N6O. The Hall–Kier alpha value is -3.03. The first kappa shape index (κ1) is 20.3. The summed E-state index contributed by atoms with van der Waals surface area (Å²) in [6.07, 6.45) is 3.18. The average Bonchev–Trinajstić information content (AvgIpc) is 3.31. The van der Waals surface area contributed by atoms with Crippen molar-refractivity contribution < 1.29 is 4.79 Å². The quantitative estimate of drug-likeness (QED) is 0.654. The number of benzene rings is 2. The first-order valence-corrected chi connectivity index (χ1v) is 10.4. The first-order chi connectivity index (χ1) is 14.7. The maximum atomic E-state index is 12.5. The van der Waals surface area contributed by atoms with Gasteiger partial charge in [0.15, 0.2) is 0 Å². The van der Waals surface area contributed by atoms with Crippen molar-refractivity contribution in [3.8, 4) is 5.69 Å². The van der Waals surface area contributed by atoms with Crippen LogP contribution in [0.1, 0.15) is 24.1 Å². The zero-order valence-corrected chi connectivity index (χ0v) is 17.3. The number of hydrogen-bond donors (Lipinski definition) is 1. The molecule has 0 saturated carbocycles. The predicted molar refractivity (Wildman–Crippen MR) is 116 cm³/mol. The van der Waals surface area contributed by atoms with Gasteiger partial charge in [0.2, 0.25) is 5.91 Å². The molecule has 1 N–H and O–H groups in total. The second kappa shape index (κ2) is 9.65. The Morgan fingerprint density at radius 1 is 1.00 bits per heavy atom. The third kappa shape index (κ3) is 5.31. The average molecular weight is 405 g/mol. The predicted octanol–water partition coefficient (Wildman–Crippen LogP) is 2.26. The highest BCUT2D eigenvalue weighted by Crippen LogP contribution is 2.15. The summed E-state index contributed by atoms with van der Waals surface area (Å²) in [5.74, 6) is 0.0689. The minimum absolute atomic E-state index is 0.0401. The third-order valence-electron chi connectivity index (χ3n) is 5.54. The second-order valence-electron chi connectivity index (χ2n) is 7.76. The highest BCUT2D eigenvalue weighted by molar-refractivity contribution is 5.78. The van der Waals surface area contributed by atoms with E-state index in [-0.39, 0.29) is 11.9 Å². The lowest BCUT2D eigenvalue weighted by atomic mass is 10.1. The van der Waals surface area contributed by atoms with Crippen LogP contribution in [0.3, 0.4) is 0 Å². The summed E-state index contributed by atoms with van der Waals surface area (Å²) in [5.41, 5.74) is 3.36. The van der Waals surface area contributed by atoms with Gasteiger partial charge in [-0.25, -0.2) is 9.67 Å². The van der Waals surface area contributed by atoms with Gasteiger partial charge >= 0.3 is 0 Å². The largest absolute Gasteiger partial charge is 0.348 e. The summed E-state index contributed by atoms with van der Waals surface area (Å²) in [7, 11) is 0. The first-order valence-electron chi connectivity index (χ1n) is 10.4. The number of amides is 1.